The molecule has 0 spiro atoms. The maximum Gasteiger partial charge on any atom is 0.0497 e. The van der Waals surface area contributed by atoms with E-state index in [1.807, 2.05) is 0 Å². The monoisotopic (exact) mass is 241 g/mol. The third-order valence-electron chi connectivity index (χ3n) is 4.09. The van der Waals surface area contributed by atoms with Crippen molar-refractivity contribution in [3.8, 4) is 0 Å². The Balaban J connectivity index is 1.87. The fourth-order valence-electron chi connectivity index (χ4n) is 2.86. The molecule has 1 rings (SSSR count). The summed E-state index contributed by atoms with van der Waals surface area (Å²) in [4.78, 5) is 0. The highest BCUT2D eigenvalue weighted by Gasteiger charge is 2.25. The maximum atomic E-state index is 5.80. The van der Waals surface area contributed by atoms with E-state index in [0.717, 1.165) is 31.6 Å². The van der Waals surface area contributed by atoms with Crippen molar-refractivity contribution in [3.05, 3.63) is 0 Å². The van der Waals surface area contributed by atoms with Crippen molar-refractivity contribution in [1.29, 1.82) is 0 Å². The van der Waals surface area contributed by atoms with E-state index in [0.29, 0.717) is 0 Å². The Hall–Kier alpha value is -0.0800. The van der Waals surface area contributed by atoms with Crippen molar-refractivity contribution < 1.29 is 4.74 Å². The second-order valence-corrected chi connectivity index (χ2v) is 5.53. The SMILES string of the molecule is CCCCCCCCOCC1CCCC1CN. The van der Waals surface area contributed by atoms with Gasteiger partial charge in [0.15, 0.2) is 0 Å². The number of rotatable bonds is 10. The number of nitrogens with two attached hydrogens (primary N) is 1. The van der Waals surface area contributed by atoms with Crippen LogP contribution in [-0.4, -0.2) is 19.8 Å². The number of ether oxygens (including phenoxy) is 1. The molecule has 0 heterocycles. The molecule has 0 amide bonds. The Bertz CT molecular complexity index is 172. The molecule has 2 heteroatoms. The molecule has 2 unspecified atom stereocenters. The number of unbranched alkanes of at least 4 members (excludes halogenated alkanes) is 5. The predicted molar refractivity (Wildman–Crippen MR) is 74.1 cm³/mol. The highest BCUT2D eigenvalue weighted by atomic mass is 16.5. The fraction of sp³-hybridized carbons (Fsp3) is 1.00. The Labute approximate surface area is 107 Å². The van der Waals surface area contributed by atoms with Crippen molar-refractivity contribution >= 4 is 0 Å². The molecule has 0 radical (unpaired) electrons. The maximum absolute atomic E-state index is 5.80. The summed E-state index contributed by atoms with van der Waals surface area (Å²) in [5.41, 5.74) is 5.77. The molecule has 2 nitrogen and oxygen atoms in total. The zero-order chi connectivity index (χ0) is 12.3. The van der Waals surface area contributed by atoms with Crippen LogP contribution in [0.4, 0.5) is 0 Å². The van der Waals surface area contributed by atoms with E-state index in [4.69, 9.17) is 10.5 Å². The van der Waals surface area contributed by atoms with Gasteiger partial charge in [-0.3, -0.25) is 0 Å². The minimum absolute atomic E-state index is 0.736. The predicted octanol–water partition coefficient (Wildman–Crippen LogP) is 3.74. The highest BCUT2D eigenvalue weighted by Crippen LogP contribution is 2.30. The largest absolute Gasteiger partial charge is 0.381 e. The minimum atomic E-state index is 0.736. The van der Waals surface area contributed by atoms with E-state index in [-0.39, 0.29) is 0 Å². The van der Waals surface area contributed by atoms with Crippen LogP contribution in [0.25, 0.3) is 0 Å². The van der Waals surface area contributed by atoms with Crippen molar-refractivity contribution in [3.63, 3.8) is 0 Å². The van der Waals surface area contributed by atoms with Crippen LogP contribution in [0.15, 0.2) is 0 Å². The summed E-state index contributed by atoms with van der Waals surface area (Å²) in [6.45, 7) is 5.03. The summed E-state index contributed by atoms with van der Waals surface area (Å²) in [7, 11) is 0. The molecule has 0 aromatic rings. The van der Waals surface area contributed by atoms with Crippen molar-refractivity contribution in [2.24, 2.45) is 17.6 Å². The quantitative estimate of drug-likeness (QED) is 0.591. The third kappa shape index (κ3) is 6.42. The molecule has 0 saturated heterocycles. The number of hydrogen-bond acceptors (Lipinski definition) is 2. The van der Waals surface area contributed by atoms with Gasteiger partial charge >= 0.3 is 0 Å². The van der Waals surface area contributed by atoms with Crippen LogP contribution in [0.5, 0.6) is 0 Å². The van der Waals surface area contributed by atoms with Crippen LogP contribution in [0.3, 0.4) is 0 Å². The summed E-state index contributed by atoms with van der Waals surface area (Å²) in [5, 5.41) is 0. The first-order chi connectivity index (χ1) is 8.38. The van der Waals surface area contributed by atoms with Crippen molar-refractivity contribution in [1.82, 2.24) is 0 Å². The molecule has 1 aliphatic rings. The average Bonchev–Trinajstić information content (AvgIpc) is 2.80. The normalized spacial score (nSPS) is 24.4. The van der Waals surface area contributed by atoms with Crippen LogP contribution in [-0.2, 0) is 4.74 Å². The second-order valence-electron chi connectivity index (χ2n) is 5.53. The lowest BCUT2D eigenvalue weighted by Gasteiger charge is -2.17. The molecule has 0 aromatic carbocycles. The van der Waals surface area contributed by atoms with Crippen LogP contribution in [0.2, 0.25) is 0 Å². The van der Waals surface area contributed by atoms with E-state index in [9.17, 15) is 0 Å². The van der Waals surface area contributed by atoms with E-state index in [2.05, 4.69) is 6.92 Å². The first kappa shape index (κ1) is 15.0. The van der Waals surface area contributed by atoms with Gasteiger partial charge in [0.1, 0.15) is 0 Å². The Kier molecular flexibility index (Phi) is 8.72. The average molecular weight is 241 g/mol. The topological polar surface area (TPSA) is 35.2 Å². The van der Waals surface area contributed by atoms with Gasteiger partial charge in [0.05, 0.1) is 0 Å². The molecule has 2 atom stereocenters. The molecule has 1 fully saturated rings. The van der Waals surface area contributed by atoms with Gasteiger partial charge in [0.2, 0.25) is 0 Å². The van der Waals surface area contributed by atoms with Gasteiger partial charge in [-0.1, -0.05) is 45.4 Å². The van der Waals surface area contributed by atoms with Gasteiger partial charge in [-0.2, -0.15) is 0 Å². The Morgan fingerprint density at radius 3 is 2.47 bits per heavy atom. The highest BCUT2D eigenvalue weighted by molar-refractivity contribution is 4.77. The third-order valence-corrected chi connectivity index (χ3v) is 4.09. The zero-order valence-corrected chi connectivity index (χ0v) is 11.6. The Morgan fingerprint density at radius 2 is 1.71 bits per heavy atom. The summed E-state index contributed by atoms with van der Waals surface area (Å²) >= 11 is 0. The summed E-state index contributed by atoms with van der Waals surface area (Å²) < 4.78 is 5.80. The molecule has 0 aliphatic heterocycles. The molecule has 102 valence electrons. The van der Waals surface area contributed by atoms with Crippen molar-refractivity contribution in [2.45, 2.75) is 64.7 Å². The van der Waals surface area contributed by atoms with Crippen molar-refractivity contribution in [2.75, 3.05) is 19.8 Å². The molecule has 2 N–H and O–H groups in total. The standard InChI is InChI=1S/C15H31NO/c1-2-3-4-5-6-7-11-17-13-15-10-8-9-14(15)12-16/h14-15H,2-13,16H2,1H3. The minimum Gasteiger partial charge on any atom is -0.381 e. The molecular weight excluding hydrogens is 210 g/mol. The lowest BCUT2D eigenvalue weighted by molar-refractivity contribution is 0.0840. The van der Waals surface area contributed by atoms with Crippen LogP contribution in [0.1, 0.15) is 64.7 Å². The van der Waals surface area contributed by atoms with Crippen LogP contribution >= 0.6 is 0 Å². The lowest BCUT2D eigenvalue weighted by Crippen LogP contribution is -2.22. The summed E-state index contributed by atoms with van der Waals surface area (Å²) in [6.07, 6.45) is 12.1. The molecule has 17 heavy (non-hydrogen) atoms. The van der Waals surface area contributed by atoms with Gasteiger partial charge in [-0.05, 0) is 37.6 Å². The second kappa shape index (κ2) is 9.90. The fourth-order valence-corrected chi connectivity index (χ4v) is 2.86. The first-order valence-electron chi connectivity index (χ1n) is 7.66. The van der Waals surface area contributed by atoms with Crippen LogP contribution in [0, 0.1) is 11.8 Å². The van der Waals surface area contributed by atoms with E-state index in [1.165, 1.54) is 57.8 Å². The molecular formula is C15H31NO. The number of hydrogen-bond donors (Lipinski definition) is 1. The molecule has 1 saturated carbocycles. The molecule has 0 aromatic heterocycles. The van der Waals surface area contributed by atoms with Gasteiger partial charge in [-0.15, -0.1) is 0 Å². The van der Waals surface area contributed by atoms with Gasteiger partial charge in [-0.25, -0.2) is 0 Å². The zero-order valence-electron chi connectivity index (χ0n) is 11.6. The lowest BCUT2D eigenvalue weighted by atomic mass is 9.97. The Morgan fingerprint density at radius 1 is 1.00 bits per heavy atom. The van der Waals surface area contributed by atoms with Gasteiger partial charge < -0.3 is 10.5 Å². The van der Waals surface area contributed by atoms with E-state index in [1.54, 1.807) is 0 Å². The van der Waals surface area contributed by atoms with Crippen LogP contribution < -0.4 is 5.73 Å². The molecule has 0 bridgehead atoms. The van der Waals surface area contributed by atoms with Gasteiger partial charge in [0, 0.05) is 13.2 Å². The smallest absolute Gasteiger partial charge is 0.0497 e. The first-order valence-corrected chi connectivity index (χ1v) is 7.66. The van der Waals surface area contributed by atoms with E-state index >= 15 is 0 Å². The van der Waals surface area contributed by atoms with E-state index < -0.39 is 0 Å². The summed E-state index contributed by atoms with van der Waals surface area (Å²) in [5.74, 6) is 1.49. The van der Waals surface area contributed by atoms with Gasteiger partial charge in [0.25, 0.3) is 0 Å². The summed E-state index contributed by atoms with van der Waals surface area (Å²) in [6, 6.07) is 0. The molecule has 1 aliphatic carbocycles.